The third-order valence-corrected chi connectivity index (χ3v) is 2.95. The van der Waals surface area contributed by atoms with Gasteiger partial charge in [0, 0.05) is 0 Å². The van der Waals surface area contributed by atoms with Crippen LogP contribution < -0.4 is 0 Å². The first-order valence-electron chi connectivity index (χ1n) is 6.00. The van der Waals surface area contributed by atoms with Crippen LogP contribution >= 0.6 is 0 Å². The van der Waals surface area contributed by atoms with E-state index in [4.69, 9.17) is 5.11 Å². The first-order chi connectivity index (χ1) is 8.31. The van der Waals surface area contributed by atoms with Gasteiger partial charge in [-0.25, -0.2) is 0 Å². The zero-order valence-corrected chi connectivity index (χ0v) is 10.1. The molecule has 0 amide bonds. The first-order valence-corrected chi connectivity index (χ1v) is 6.00. The van der Waals surface area contributed by atoms with E-state index in [0.29, 0.717) is 0 Å². The Labute approximate surface area is 103 Å². The van der Waals surface area contributed by atoms with Gasteiger partial charge in [-0.3, -0.25) is 0 Å². The van der Waals surface area contributed by atoms with Crippen LogP contribution in [0.25, 0.3) is 0 Å². The van der Waals surface area contributed by atoms with E-state index in [1.165, 1.54) is 11.1 Å². The molecule has 0 saturated carbocycles. The molecule has 0 aliphatic carbocycles. The summed E-state index contributed by atoms with van der Waals surface area (Å²) in [5.74, 6) is 0. The fraction of sp³-hybridized carbons (Fsp3) is 0.250. The molecule has 0 aliphatic rings. The largest absolute Gasteiger partial charge is 0.392 e. The van der Waals surface area contributed by atoms with E-state index in [1.54, 1.807) is 0 Å². The van der Waals surface area contributed by atoms with Crippen molar-refractivity contribution < 1.29 is 5.11 Å². The lowest BCUT2D eigenvalue weighted by Gasteiger charge is -2.04. The van der Waals surface area contributed by atoms with Crippen molar-refractivity contribution in [2.24, 2.45) is 0 Å². The van der Waals surface area contributed by atoms with Gasteiger partial charge in [0.2, 0.25) is 0 Å². The molecule has 17 heavy (non-hydrogen) atoms. The van der Waals surface area contributed by atoms with Crippen LogP contribution in [0.15, 0.2) is 42.5 Å². The van der Waals surface area contributed by atoms with E-state index in [-0.39, 0.29) is 6.61 Å². The summed E-state index contributed by atoms with van der Waals surface area (Å²) in [5.41, 5.74) is 4.74. The predicted octanol–water partition coefficient (Wildman–Crippen LogP) is 3.13. The summed E-state index contributed by atoms with van der Waals surface area (Å²) in [6.07, 6.45) is 1.98. The lowest BCUT2D eigenvalue weighted by Crippen LogP contribution is -1.90. The molecule has 0 fully saturated rings. The maximum absolute atomic E-state index is 8.96. The fourth-order valence-electron chi connectivity index (χ4n) is 1.81. The monoisotopic (exact) mass is 225 g/mol. The Kier molecular flexibility index (Phi) is 3.94. The van der Waals surface area contributed by atoms with Gasteiger partial charge in [0.05, 0.1) is 6.61 Å². The smallest absolute Gasteiger partial charge is 0.0682 e. The number of aryl methyl sites for hydroxylation is 1. The zero-order chi connectivity index (χ0) is 12.1. The zero-order valence-electron chi connectivity index (χ0n) is 10.1. The van der Waals surface area contributed by atoms with Crippen LogP contribution in [0.4, 0.5) is 0 Å². The van der Waals surface area contributed by atoms with E-state index in [1.807, 2.05) is 18.2 Å². The number of aliphatic hydroxyl groups is 1. The topological polar surface area (TPSA) is 20.2 Å². The van der Waals surface area contributed by atoms with Crippen LogP contribution in [-0.4, -0.2) is 5.11 Å². The number of hydrogen-bond donors (Lipinski definition) is 1. The Morgan fingerprint density at radius 2 is 1.59 bits per heavy atom. The minimum absolute atomic E-state index is 0.0853. The average Bonchev–Trinajstić information content (AvgIpc) is 2.40. The van der Waals surface area contributed by atoms with Crippen molar-refractivity contribution in [3.05, 3.63) is 70.8 Å². The summed E-state index contributed by atoms with van der Waals surface area (Å²) in [6.45, 7) is 2.25. The molecule has 0 unspecified atom stereocenters. The van der Waals surface area contributed by atoms with Crippen molar-refractivity contribution in [3.8, 4) is 0 Å². The quantitative estimate of drug-likeness (QED) is 0.847. The molecule has 1 radical (unpaired) electrons. The summed E-state index contributed by atoms with van der Waals surface area (Å²) >= 11 is 0. The number of aliphatic hydroxyl groups excluding tert-OH is 1. The highest BCUT2D eigenvalue weighted by molar-refractivity contribution is 5.29. The minimum atomic E-state index is 0.0853. The number of hydrogen-bond acceptors (Lipinski definition) is 1. The molecule has 0 aliphatic heterocycles. The average molecular weight is 225 g/mol. The summed E-state index contributed by atoms with van der Waals surface area (Å²) < 4.78 is 0. The summed E-state index contributed by atoms with van der Waals surface area (Å²) in [7, 11) is 0. The van der Waals surface area contributed by atoms with E-state index in [0.717, 1.165) is 24.0 Å². The third kappa shape index (κ3) is 3.18. The third-order valence-electron chi connectivity index (χ3n) is 2.95. The lowest BCUT2D eigenvalue weighted by atomic mass is 10.0. The second-order valence-electron chi connectivity index (χ2n) is 4.23. The van der Waals surface area contributed by atoms with Crippen molar-refractivity contribution in [2.75, 3.05) is 0 Å². The van der Waals surface area contributed by atoms with Crippen molar-refractivity contribution in [2.45, 2.75) is 26.4 Å². The van der Waals surface area contributed by atoms with Crippen molar-refractivity contribution in [1.29, 1.82) is 0 Å². The number of benzene rings is 2. The maximum Gasteiger partial charge on any atom is 0.0682 e. The Bertz CT molecular complexity index is 408. The molecule has 0 bridgehead atoms. The van der Waals surface area contributed by atoms with Crippen LogP contribution in [-0.2, 0) is 19.4 Å². The first kappa shape index (κ1) is 11.9. The van der Waals surface area contributed by atoms with Gasteiger partial charge < -0.3 is 5.11 Å². The van der Waals surface area contributed by atoms with Gasteiger partial charge in [-0.05, 0) is 47.2 Å². The second-order valence-corrected chi connectivity index (χ2v) is 4.23. The van der Waals surface area contributed by atoms with E-state index >= 15 is 0 Å². The second kappa shape index (κ2) is 5.65. The van der Waals surface area contributed by atoms with Crippen LogP contribution in [0.2, 0.25) is 0 Å². The van der Waals surface area contributed by atoms with Gasteiger partial charge in [0.25, 0.3) is 0 Å². The molecule has 0 atom stereocenters. The Balaban J connectivity index is 2.08. The molecule has 2 rings (SSSR count). The van der Waals surface area contributed by atoms with Gasteiger partial charge in [-0.1, -0.05) is 43.3 Å². The highest BCUT2D eigenvalue weighted by Gasteiger charge is 1.98. The molecule has 1 nitrogen and oxygen atoms in total. The Morgan fingerprint density at radius 1 is 0.941 bits per heavy atom. The Morgan fingerprint density at radius 3 is 2.12 bits per heavy atom. The van der Waals surface area contributed by atoms with Crippen molar-refractivity contribution >= 4 is 0 Å². The minimum Gasteiger partial charge on any atom is -0.392 e. The van der Waals surface area contributed by atoms with E-state index in [9.17, 15) is 0 Å². The highest BCUT2D eigenvalue weighted by atomic mass is 16.3. The molecule has 1 heteroatoms. The fourth-order valence-corrected chi connectivity index (χ4v) is 1.81. The molecule has 0 heterocycles. The molecular weight excluding hydrogens is 208 g/mol. The van der Waals surface area contributed by atoms with Crippen molar-refractivity contribution in [1.82, 2.24) is 0 Å². The number of rotatable bonds is 4. The maximum atomic E-state index is 8.96. The highest BCUT2D eigenvalue weighted by Crippen LogP contribution is 2.12. The van der Waals surface area contributed by atoms with Crippen molar-refractivity contribution in [3.63, 3.8) is 0 Å². The normalized spacial score (nSPS) is 10.5. The summed E-state index contributed by atoms with van der Waals surface area (Å²) in [5, 5.41) is 8.96. The van der Waals surface area contributed by atoms with Gasteiger partial charge in [-0.2, -0.15) is 0 Å². The molecule has 0 spiro atoms. The molecule has 87 valence electrons. The molecule has 0 saturated heterocycles. The summed E-state index contributed by atoms with van der Waals surface area (Å²) in [4.78, 5) is 0. The van der Waals surface area contributed by atoms with E-state index < -0.39 is 0 Å². The van der Waals surface area contributed by atoms with Gasteiger partial charge in [0.1, 0.15) is 0 Å². The molecule has 1 N–H and O–H groups in total. The molecule has 0 aromatic heterocycles. The van der Waals surface area contributed by atoms with Gasteiger partial charge in [-0.15, -0.1) is 0 Å². The lowest BCUT2D eigenvalue weighted by molar-refractivity contribution is 0.282. The van der Waals surface area contributed by atoms with E-state index in [2.05, 4.69) is 37.3 Å². The van der Waals surface area contributed by atoms with Crippen LogP contribution in [0.1, 0.15) is 29.2 Å². The van der Waals surface area contributed by atoms with Crippen LogP contribution in [0, 0.1) is 6.07 Å². The Hall–Kier alpha value is -1.60. The predicted molar refractivity (Wildman–Crippen MR) is 69.8 cm³/mol. The van der Waals surface area contributed by atoms with Crippen LogP contribution in [0.5, 0.6) is 0 Å². The molecule has 2 aromatic carbocycles. The van der Waals surface area contributed by atoms with Gasteiger partial charge >= 0.3 is 0 Å². The molecular formula is C16H17O. The van der Waals surface area contributed by atoms with Gasteiger partial charge in [0.15, 0.2) is 0 Å². The summed E-state index contributed by atoms with van der Waals surface area (Å²) in [6, 6.07) is 17.7. The SMILES string of the molecule is CCc1ccc(Cc2[c]cc(CO)cc2)cc1. The molecule has 2 aromatic rings. The standard InChI is InChI=1S/C16H17O/c1-2-13-3-5-14(6-4-13)11-15-7-9-16(12-17)10-8-15/h3-7,9-10,17H,2,11-12H2,1H3. The van der Waals surface area contributed by atoms with Crippen LogP contribution in [0.3, 0.4) is 0 Å².